The van der Waals surface area contributed by atoms with Gasteiger partial charge in [-0.1, -0.05) is 0 Å². The molecule has 8 aromatic carbocycles. The van der Waals surface area contributed by atoms with Crippen LogP contribution in [0.3, 0.4) is 0 Å². The maximum Gasteiger partial charge on any atom is 0.308 e. The summed E-state index contributed by atoms with van der Waals surface area (Å²) in [7, 11) is 0. The van der Waals surface area contributed by atoms with Crippen LogP contribution in [0.1, 0.15) is 144 Å². The summed E-state index contributed by atoms with van der Waals surface area (Å²) in [6.45, 7) is 10.5. The molecule has 0 amide bonds. The molecule has 0 spiro atoms. The van der Waals surface area contributed by atoms with E-state index in [4.69, 9.17) is 37.9 Å². The fourth-order valence-corrected chi connectivity index (χ4v) is 17.7. The van der Waals surface area contributed by atoms with E-state index in [9.17, 15) is 38.4 Å². The average Bonchev–Trinajstić information content (AvgIpc) is 0.793. The maximum absolute atomic E-state index is 13.3. The molecule has 0 saturated carbocycles. The first-order valence-electron chi connectivity index (χ1n) is 29.3. The first-order valence-corrected chi connectivity index (χ1v) is 37.9. The highest BCUT2D eigenvalue weighted by Gasteiger charge is 2.29. The number of ether oxygens (including phenoxy) is 8. The molecule has 0 fully saturated rings. The van der Waals surface area contributed by atoms with E-state index in [1.807, 2.05) is 97.1 Å². The van der Waals surface area contributed by atoms with E-state index >= 15 is 0 Å². The normalized spacial score (nSPS) is 12.2. The van der Waals surface area contributed by atoms with Crippen LogP contribution < -0.4 is 37.9 Å². The second-order valence-electron chi connectivity index (χ2n) is 22.6. The number of rotatable bonds is 8. The van der Waals surface area contributed by atoms with Crippen molar-refractivity contribution in [2.24, 2.45) is 0 Å². The third kappa shape index (κ3) is 19.9. The molecule has 16 nitrogen and oxygen atoms in total. The van der Waals surface area contributed by atoms with Gasteiger partial charge in [-0.2, -0.15) is 0 Å². The van der Waals surface area contributed by atoms with Crippen LogP contribution in [0.2, 0.25) is 0 Å². The van der Waals surface area contributed by atoms with Crippen LogP contribution in [0.25, 0.3) is 0 Å². The standard InChI is InChI=1S/C72H56I8O16/c1-33(81)89-65-41-9-43-19-58(74)21-45(66(43)90-34(2)82)11-47-23-60(76)25-49(68(47)92-36(4)84)13-51-27-62(78)29-53(70(51)94-38(6)86)15-55-31-64(80)32-56(72(55)96-40(8)88)16-54-30-63(79)28-52(71(54)95-39(7)87)14-50-26-61(77)24-48(69(50)93-37(5)85)12-46-22-59(75)20-44(67(46)91-35(3)83)10-42(65)18-57(73)17-41/h17-32H,9-16H2,1-8H3. The Labute approximate surface area is 663 Å². The molecule has 24 heteroatoms. The highest BCUT2D eigenvalue weighted by molar-refractivity contribution is 14.1. The molecule has 0 unspecified atom stereocenters. The number of carbonyl (C=O) groups excluding carboxylic acids is 8. The van der Waals surface area contributed by atoms with Gasteiger partial charge >= 0.3 is 47.8 Å². The summed E-state index contributed by atoms with van der Waals surface area (Å²) in [5, 5.41) is 0. The van der Waals surface area contributed by atoms with Gasteiger partial charge in [-0.25, -0.2) is 0 Å². The van der Waals surface area contributed by atoms with E-state index < -0.39 is 47.8 Å². The molecule has 0 atom stereocenters. The minimum atomic E-state index is -0.602. The van der Waals surface area contributed by atoms with Crippen molar-refractivity contribution in [2.45, 2.75) is 107 Å². The molecular formula is C72H56I8O16. The Kier molecular flexibility index (Phi) is 26.2. The topological polar surface area (TPSA) is 210 Å². The number of carbonyl (C=O) groups is 8. The van der Waals surface area contributed by atoms with Crippen LogP contribution in [-0.4, -0.2) is 47.8 Å². The summed E-state index contributed by atoms with van der Waals surface area (Å²) in [6.07, 6.45) is 0.675. The molecule has 9 rings (SSSR count). The van der Waals surface area contributed by atoms with Crippen LogP contribution >= 0.6 is 181 Å². The molecule has 0 aromatic heterocycles. The highest BCUT2D eigenvalue weighted by Crippen LogP contribution is 2.45. The lowest BCUT2D eigenvalue weighted by molar-refractivity contribution is -0.133. The van der Waals surface area contributed by atoms with Crippen LogP contribution in [0.4, 0.5) is 0 Å². The predicted octanol–water partition coefficient (Wildman–Crippen LogP) is 17.0. The average molecular weight is 2190 g/mol. The first kappa shape index (κ1) is 75.6. The Hall–Kier alpha value is -4.64. The van der Waals surface area contributed by atoms with Crippen LogP contribution in [-0.2, 0) is 89.7 Å². The van der Waals surface area contributed by atoms with E-state index in [2.05, 4.69) is 181 Å². The van der Waals surface area contributed by atoms with Crippen molar-refractivity contribution in [1.29, 1.82) is 0 Å². The molecule has 0 saturated heterocycles. The molecule has 0 heterocycles. The van der Waals surface area contributed by atoms with Gasteiger partial charge in [0.05, 0.1) is 0 Å². The Bertz CT molecular complexity index is 3530. The molecule has 496 valence electrons. The van der Waals surface area contributed by atoms with Crippen molar-refractivity contribution in [3.63, 3.8) is 0 Å². The van der Waals surface area contributed by atoms with Crippen molar-refractivity contribution < 1.29 is 76.3 Å². The Morgan fingerprint density at radius 1 is 0.188 bits per heavy atom. The molecule has 1 aliphatic carbocycles. The minimum absolute atomic E-state index is 0.0844. The fourth-order valence-electron chi connectivity index (χ4n) is 11.6. The summed E-state index contributed by atoms with van der Waals surface area (Å²) >= 11 is 17.6. The van der Waals surface area contributed by atoms with E-state index in [-0.39, 0.29) is 97.4 Å². The molecule has 1 aliphatic rings. The van der Waals surface area contributed by atoms with Crippen LogP contribution in [0, 0.1) is 28.6 Å². The lowest BCUT2D eigenvalue weighted by atomic mass is 9.91. The first-order chi connectivity index (χ1) is 45.3. The molecule has 8 aromatic rings. The van der Waals surface area contributed by atoms with E-state index in [1.54, 1.807) is 0 Å². The number of hydrogen-bond acceptors (Lipinski definition) is 16. The Morgan fingerprint density at radius 2 is 0.260 bits per heavy atom. The molecule has 16 bridgehead atoms. The zero-order valence-corrected chi connectivity index (χ0v) is 69.7. The van der Waals surface area contributed by atoms with E-state index in [0.29, 0.717) is 89.0 Å². The van der Waals surface area contributed by atoms with Gasteiger partial charge < -0.3 is 37.9 Å². The number of esters is 8. The molecule has 0 radical (unpaired) electrons. The molecular weight excluding hydrogens is 2140 g/mol. The SMILES string of the molecule is CC(=O)Oc1c2cc(I)cc1Cc1cc(I)cc(c1OC(C)=O)Cc1cc(I)cc(c1OC(C)=O)Cc1cc(I)cc(c1OC(C)=O)Cc1cc(I)cc(c1OC(C)=O)Cc1cc(I)cc(c1OC(C)=O)Cc1cc(I)cc(c1OC(C)=O)Cc1cc(I)cc(c1OC(C)=O)C2. The van der Waals surface area contributed by atoms with Gasteiger partial charge in [-0.05, 0) is 278 Å². The van der Waals surface area contributed by atoms with Crippen molar-refractivity contribution in [3.05, 3.63) is 215 Å². The Balaban J connectivity index is 1.35. The summed E-state index contributed by atoms with van der Waals surface area (Å²) in [4.78, 5) is 107. The lowest BCUT2D eigenvalue weighted by Crippen LogP contribution is -2.13. The number of halogens is 8. The van der Waals surface area contributed by atoms with Crippen molar-refractivity contribution in [3.8, 4) is 46.0 Å². The van der Waals surface area contributed by atoms with Gasteiger partial charge in [-0.3, -0.25) is 38.4 Å². The molecule has 96 heavy (non-hydrogen) atoms. The lowest BCUT2D eigenvalue weighted by Gasteiger charge is -2.22. The number of hydrogen-bond donors (Lipinski definition) is 0. The monoisotopic (exact) mass is 2190 g/mol. The van der Waals surface area contributed by atoms with Gasteiger partial charge in [0, 0.05) is 224 Å². The minimum Gasteiger partial charge on any atom is -0.426 e. The van der Waals surface area contributed by atoms with E-state index in [0.717, 1.165) is 28.6 Å². The second kappa shape index (κ2) is 33.2. The van der Waals surface area contributed by atoms with E-state index in [1.165, 1.54) is 55.4 Å². The van der Waals surface area contributed by atoms with Gasteiger partial charge in [0.25, 0.3) is 0 Å². The summed E-state index contributed by atoms with van der Waals surface area (Å²) in [5.74, 6) is -2.91. The molecule has 0 aliphatic heterocycles. The largest absolute Gasteiger partial charge is 0.426 e. The van der Waals surface area contributed by atoms with Gasteiger partial charge in [0.2, 0.25) is 0 Å². The quantitative estimate of drug-likeness (QED) is 0.0786. The zero-order valence-electron chi connectivity index (χ0n) is 52.5. The van der Waals surface area contributed by atoms with Crippen molar-refractivity contribution in [1.82, 2.24) is 0 Å². The van der Waals surface area contributed by atoms with Crippen LogP contribution in [0.15, 0.2) is 97.1 Å². The summed E-state index contributed by atoms with van der Waals surface area (Å²) < 4.78 is 55.7. The Morgan fingerprint density at radius 3 is 0.323 bits per heavy atom. The third-order valence-corrected chi connectivity index (χ3v) is 19.7. The second-order valence-corrected chi connectivity index (χ2v) is 32.6. The number of benzene rings is 8. The summed E-state index contributed by atoms with van der Waals surface area (Å²) in [6, 6.07) is 30.2. The van der Waals surface area contributed by atoms with Gasteiger partial charge in [-0.15, -0.1) is 0 Å². The third-order valence-electron chi connectivity index (χ3n) is 14.7. The summed E-state index contributed by atoms with van der Waals surface area (Å²) in [5.41, 5.74) is 9.06. The maximum atomic E-state index is 13.3. The van der Waals surface area contributed by atoms with Crippen molar-refractivity contribution in [2.75, 3.05) is 0 Å². The number of fused-ring (bicyclic) bond motifs is 16. The van der Waals surface area contributed by atoms with Crippen LogP contribution in [0.5, 0.6) is 46.0 Å². The van der Waals surface area contributed by atoms with Gasteiger partial charge in [0.15, 0.2) is 0 Å². The zero-order chi connectivity index (χ0) is 69.7. The predicted molar refractivity (Wildman–Crippen MR) is 426 cm³/mol. The van der Waals surface area contributed by atoms with Gasteiger partial charge in [0.1, 0.15) is 46.0 Å². The fraction of sp³-hybridized carbons (Fsp3) is 0.222. The smallest absolute Gasteiger partial charge is 0.308 e. The molecule has 0 N–H and O–H groups in total. The van der Waals surface area contributed by atoms with Crippen molar-refractivity contribution >= 4 is 228 Å². The highest BCUT2D eigenvalue weighted by atomic mass is 127.